The first-order valence-corrected chi connectivity index (χ1v) is 11.3. The van der Waals surface area contributed by atoms with Gasteiger partial charge in [0.25, 0.3) is 0 Å². The number of nitrogens with zero attached hydrogens (tertiary/aromatic N) is 3. The second-order valence-corrected chi connectivity index (χ2v) is 8.54. The third-order valence-electron chi connectivity index (χ3n) is 6.37. The molecule has 8 heteroatoms. The van der Waals surface area contributed by atoms with Crippen molar-refractivity contribution in [3.63, 3.8) is 0 Å². The van der Waals surface area contributed by atoms with Gasteiger partial charge in [-0.15, -0.1) is 12.4 Å². The number of amides is 2. The number of imide groups is 1. The predicted octanol–water partition coefficient (Wildman–Crippen LogP) is 2.54. The van der Waals surface area contributed by atoms with Gasteiger partial charge in [-0.05, 0) is 31.4 Å². The first kappa shape index (κ1) is 24.3. The summed E-state index contributed by atoms with van der Waals surface area (Å²) in [6.45, 7) is 6.07. The van der Waals surface area contributed by atoms with Crippen molar-refractivity contribution in [2.75, 3.05) is 50.8 Å². The van der Waals surface area contributed by atoms with Crippen LogP contribution in [0.4, 0.5) is 5.69 Å². The van der Waals surface area contributed by atoms with Crippen LogP contribution in [0.25, 0.3) is 0 Å². The number of benzene rings is 1. The van der Waals surface area contributed by atoms with Crippen LogP contribution in [0.2, 0.25) is 0 Å². The maximum Gasteiger partial charge on any atom is 0.233 e. The largest absolute Gasteiger partial charge is 0.491 e. The second kappa shape index (κ2) is 11.0. The van der Waals surface area contributed by atoms with Crippen LogP contribution in [0.15, 0.2) is 36.4 Å². The highest BCUT2D eigenvalue weighted by Gasteiger charge is 2.47. The maximum atomic E-state index is 12.7. The van der Waals surface area contributed by atoms with Crippen molar-refractivity contribution in [3.05, 3.63) is 36.4 Å². The van der Waals surface area contributed by atoms with E-state index < -0.39 is 0 Å². The number of hydrogen-bond acceptors (Lipinski definition) is 6. The van der Waals surface area contributed by atoms with E-state index in [1.165, 1.54) is 4.90 Å². The van der Waals surface area contributed by atoms with Crippen LogP contribution in [-0.4, -0.2) is 73.3 Å². The number of halogens is 1. The molecule has 0 bridgehead atoms. The molecule has 0 radical (unpaired) electrons. The van der Waals surface area contributed by atoms with E-state index in [1.807, 2.05) is 30.4 Å². The van der Waals surface area contributed by atoms with E-state index in [4.69, 9.17) is 4.74 Å². The highest BCUT2D eigenvalue weighted by atomic mass is 35.5. The van der Waals surface area contributed by atoms with Crippen LogP contribution >= 0.6 is 12.4 Å². The number of ether oxygens (including phenoxy) is 1. The molecule has 4 rings (SSSR count). The first-order chi connectivity index (χ1) is 15.1. The van der Waals surface area contributed by atoms with Gasteiger partial charge in [-0.2, -0.15) is 0 Å². The summed E-state index contributed by atoms with van der Waals surface area (Å²) in [6.07, 6.45) is 6.09. The number of rotatable bonds is 8. The quantitative estimate of drug-likeness (QED) is 0.437. The lowest BCUT2D eigenvalue weighted by Crippen LogP contribution is -2.49. The van der Waals surface area contributed by atoms with Gasteiger partial charge in [0.15, 0.2) is 5.78 Å². The third kappa shape index (κ3) is 5.15. The highest BCUT2D eigenvalue weighted by Crippen LogP contribution is 2.35. The SMILES string of the molecule is CCCOc1ccccc1N1CCN(CC(=O)CN2C(=O)C3CC=CCC3C2=O)CC1.Cl. The number of Topliss-reactive ketones (excluding diaryl/α,β-unsaturated/α-hetero) is 1. The highest BCUT2D eigenvalue weighted by molar-refractivity contribution is 6.07. The fraction of sp³-hybridized carbons (Fsp3) is 0.542. The molecule has 2 heterocycles. The number of hydrogen-bond donors (Lipinski definition) is 0. The van der Waals surface area contributed by atoms with Crippen LogP contribution in [0, 0.1) is 11.8 Å². The van der Waals surface area contributed by atoms with Crippen LogP contribution in [0.5, 0.6) is 5.75 Å². The number of piperazine rings is 1. The maximum absolute atomic E-state index is 12.7. The number of anilines is 1. The number of allylic oxidation sites excluding steroid dienone is 2. The number of fused-ring (bicyclic) bond motifs is 1. The molecule has 2 saturated heterocycles. The Morgan fingerprint density at radius 3 is 2.22 bits per heavy atom. The van der Waals surface area contributed by atoms with Crippen molar-refractivity contribution in [2.45, 2.75) is 26.2 Å². The van der Waals surface area contributed by atoms with Gasteiger partial charge < -0.3 is 9.64 Å². The Kier molecular flexibility index (Phi) is 8.32. The Morgan fingerprint density at radius 1 is 0.969 bits per heavy atom. The summed E-state index contributed by atoms with van der Waals surface area (Å²) >= 11 is 0. The van der Waals surface area contributed by atoms with Crippen molar-refractivity contribution in [2.24, 2.45) is 11.8 Å². The lowest BCUT2D eigenvalue weighted by Gasteiger charge is -2.36. The molecule has 2 unspecified atom stereocenters. The standard InChI is InChI=1S/C24H31N3O4.ClH/c1-2-15-31-22-10-6-5-9-21(22)26-13-11-25(12-14-26)16-18(28)17-27-23(29)19-7-3-4-8-20(19)24(27)30;/h3-6,9-10,19-20H,2,7-8,11-17H2,1H3;1H. The van der Waals surface area contributed by atoms with Crippen molar-refractivity contribution in [3.8, 4) is 5.75 Å². The summed E-state index contributed by atoms with van der Waals surface area (Å²) in [5, 5.41) is 0. The zero-order chi connectivity index (χ0) is 21.8. The summed E-state index contributed by atoms with van der Waals surface area (Å²) in [7, 11) is 0. The molecule has 0 saturated carbocycles. The van der Waals surface area contributed by atoms with Gasteiger partial charge in [-0.25, -0.2) is 0 Å². The fourth-order valence-corrected chi connectivity index (χ4v) is 4.70. The molecule has 2 amide bonds. The molecule has 0 aromatic heterocycles. The molecular weight excluding hydrogens is 430 g/mol. The fourth-order valence-electron chi connectivity index (χ4n) is 4.70. The van der Waals surface area contributed by atoms with Crippen LogP contribution in [-0.2, 0) is 14.4 Å². The molecule has 0 N–H and O–H groups in total. The molecule has 7 nitrogen and oxygen atoms in total. The van der Waals surface area contributed by atoms with Gasteiger partial charge in [0.1, 0.15) is 5.75 Å². The number of ketones is 1. The van der Waals surface area contributed by atoms with Gasteiger partial charge >= 0.3 is 0 Å². The number of likely N-dealkylation sites (tertiary alicyclic amines) is 1. The third-order valence-corrected chi connectivity index (χ3v) is 6.37. The number of carbonyl (C=O) groups is 3. The summed E-state index contributed by atoms with van der Waals surface area (Å²) < 4.78 is 5.88. The Hall–Kier alpha value is -2.38. The van der Waals surface area contributed by atoms with Gasteiger partial charge in [-0.1, -0.05) is 31.2 Å². The van der Waals surface area contributed by atoms with Crippen molar-refractivity contribution in [1.29, 1.82) is 0 Å². The van der Waals surface area contributed by atoms with E-state index in [1.54, 1.807) is 0 Å². The first-order valence-electron chi connectivity index (χ1n) is 11.3. The van der Waals surface area contributed by atoms with Crippen LogP contribution in [0.1, 0.15) is 26.2 Å². The van der Waals surface area contributed by atoms with E-state index in [0.29, 0.717) is 19.4 Å². The lowest BCUT2D eigenvalue weighted by atomic mass is 9.85. The van der Waals surface area contributed by atoms with Gasteiger partial charge in [0, 0.05) is 26.2 Å². The second-order valence-electron chi connectivity index (χ2n) is 8.54. The molecule has 3 aliphatic rings. The normalized spacial score (nSPS) is 23.2. The molecule has 1 aromatic rings. The molecule has 2 atom stereocenters. The Morgan fingerprint density at radius 2 is 1.59 bits per heavy atom. The Balaban J connectivity index is 0.00000289. The Labute approximate surface area is 195 Å². The van der Waals surface area contributed by atoms with Crippen LogP contribution in [0.3, 0.4) is 0 Å². The average Bonchev–Trinajstić information content (AvgIpc) is 3.03. The molecule has 1 aliphatic carbocycles. The summed E-state index contributed by atoms with van der Waals surface area (Å²) in [5.41, 5.74) is 1.09. The van der Waals surface area contributed by atoms with Crippen molar-refractivity contribution < 1.29 is 19.1 Å². The summed E-state index contributed by atoms with van der Waals surface area (Å²) in [4.78, 5) is 43.4. The monoisotopic (exact) mass is 461 g/mol. The molecular formula is C24H32ClN3O4. The van der Waals surface area contributed by atoms with Crippen molar-refractivity contribution in [1.82, 2.24) is 9.80 Å². The number of para-hydroxylation sites is 2. The van der Waals surface area contributed by atoms with Crippen molar-refractivity contribution >= 4 is 35.7 Å². The molecule has 174 valence electrons. The van der Waals surface area contributed by atoms with Gasteiger partial charge in [0.05, 0.1) is 37.2 Å². The molecule has 0 spiro atoms. The van der Waals surface area contributed by atoms with Gasteiger partial charge in [0.2, 0.25) is 11.8 Å². The smallest absolute Gasteiger partial charge is 0.233 e. The zero-order valence-corrected chi connectivity index (χ0v) is 19.4. The molecule has 32 heavy (non-hydrogen) atoms. The van der Waals surface area contributed by atoms with Gasteiger partial charge in [-0.3, -0.25) is 24.2 Å². The van der Waals surface area contributed by atoms with E-state index in [-0.39, 0.29) is 54.9 Å². The minimum absolute atomic E-state index is 0. The van der Waals surface area contributed by atoms with E-state index in [9.17, 15) is 14.4 Å². The number of carbonyl (C=O) groups excluding carboxylic acids is 3. The Bertz CT molecular complexity index is 841. The molecule has 2 aliphatic heterocycles. The van der Waals surface area contributed by atoms with E-state index >= 15 is 0 Å². The minimum Gasteiger partial charge on any atom is -0.491 e. The minimum atomic E-state index is -0.274. The van der Waals surface area contributed by atoms with E-state index in [0.717, 1.165) is 44.0 Å². The topological polar surface area (TPSA) is 70.2 Å². The lowest BCUT2D eigenvalue weighted by molar-refractivity contribution is -0.143. The van der Waals surface area contributed by atoms with Crippen LogP contribution < -0.4 is 9.64 Å². The molecule has 2 fully saturated rings. The summed E-state index contributed by atoms with van der Waals surface area (Å²) in [5.74, 6) is -0.0839. The molecule has 1 aromatic carbocycles. The zero-order valence-electron chi connectivity index (χ0n) is 18.6. The predicted molar refractivity (Wildman–Crippen MR) is 125 cm³/mol. The summed E-state index contributed by atoms with van der Waals surface area (Å²) in [6, 6.07) is 8.07. The average molecular weight is 462 g/mol. The van der Waals surface area contributed by atoms with E-state index in [2.05, 4.69) is 22.8 Å².